The first kappa shape index (κ1) is 15.2. The van der Waals surface area contributed by atoms with Crippen molar-refractivity contribution in [1.29, 1.82) is 0 Å². The molecule has 0 amide bonds. The molecule has 0 saturated carbocycles. The monoisotopic (exact) mass is 236 g/mol. The summed E-state index contributed by atoms with van der Waals surface area (Å²) in [5.41, 5.74) is 0. The van der Waals surface area contributed by atoms with E-state index in [1.54, 1.807) is 0 Å². The first-order valence-corrected chi connectivity index (χ1v) is 7.33. The van der Waals surface area contributed by atoms with Crippen LogP contribution in [-0.4, -0.2) is 13.2 Å². The molecule has 0 aliphatic heterocycles. The lowest BCUT2D eigenvalue weighted by atomic mass is 10.2. The summed E-state index contributed by atoms with van der Waals surface area (Å²) >= 11 is 0. The Morgan fingerprint density at radius 1 is 0.800 bits per heavy atom. The second kappa shape index (κ2) is 12.2. The predicted molar refractivity (Wildman–Crippen MR) is 64.6 cm³/mol. The molecule has 0 aromatic rings. The Morgan fingerprint density at radius 3 is 1.93 bits per heavy atom. The molecule has 0 fully saturated rings. The molecule has 15 heavy (non-hydrogen) atoms. The van der Waals surface area contributed by atoms with Crippen molar-refractivity contribution >= 4 is 8.25 Å². The van der Waals surface area contributed by atoms with E-state index in [0.29, 0.717) is 13.2 Å². The van der Waals surface area contributed by atoms with Crippen LogP contribution in [0.4, 0.5) is 0 Å². The van der Waals surface area contributed by atoms with Gasteiger partial charge in [0.2, 0.25) is 0 Å². The van der Waals surface area contributed by atoms with Gasteiger partial charge in [0.25, 0.3) is 0 Å². The fraction of sp³-hybridized carbons (Fsp3) is 1.00. The minimum Gasteiger partial charge on any atom is -0.311 e. The van der Waals surface area contributed by atoms with Gasteiger partial charge in [-0.15, -0.1) is 0 Å². The molecule has 0 aliphatic rings. The topological polar surface area (TPSA) is 35.5 Å². The zero-order valence-corrected chi connectivity index (χ0v) is 11.1. The number of rotatable bonds is 11. The van der Waals surface area contributed by atoms with E-state index in [1.807, 2.05) is 0 Å². The van der Waals surface area contributed by atoms with Crippen LogP contribution in [0.1, 0.15) is 58.8 Å². The lowest BCUT2D eigenvalue weighted by Gasteiger charge is -2.04. The second-order valence-corrected chi connectivity index (χ2v) is 4.79. The van der Waals surface area contributed by atoms with Gasteiger partial charge in [0.05, 0.1) is 13.2 Å². The Hall–Kier alpha value is 0.150. The summed E-state index contributed by atoms with van der Waals surface area (Å²) in [7, 11) is -2.20. The summed E-state index contributed by atoms with van der Waals surface area (Å²) in [4.78, 5) is 0. The van der Waals surface area contributed by atoms with E-state index in [-0.39, 0.29) is 0 Å². The number of unbranched alkanes of at least 4 members (excludes halogenated alkanes) is 5. The molecule has 0 rings (SSSR count). The summed E-state index contributed by atoms with van der Waals surface area (Å²) in [6.07, 6.45) is 7.95. The van der Waals surface area contributed by atoms with Crippen molar-refractivity contribution in [2.75, 3.05) is 13.2 Å². The van der Waals surface area contributed by atoms with Crippen LogP contribution in [0, 0.1) is 0 Å². The van der Waals surface area contributed by atoms with Gasteiger partial charge in [0.15, 0.2) is 0 Å². The van der Waals surface area contributed by atoms with E-state index in [4.69, 9.17) is 9.05 Å². The van der Waals surface area contributed by atoms with Crippen LogP contribution in [0.3, 0.4) is 0 Å². The van der Waals surface area contributed by atoms with Crippen LogP contribution >= 0.6 is 8.25 Å². The summed E-state index contributed by atoms with van der Waals surface area (Å²) in [5.74, 6) is 0. The van der Waals surface area contributed by atoms with Gasteiger partial charge in [0.1, 0.15) is 0 Å². The highest BCUT2D eigenvalue weighted by atomic mass is 31.1. The Labute approximate surface area is 94.5 Å². The third-order valence-electron chi connectivity index (χ3n) is 2.19. The number of hydrogen-bond acceptors (Lipinski definition) is 3. The van der Waals surface area contributed by atoms with Crippen molar-refractivity contribution in [3.8, 4) is 0 Å². The van der Waals surface area contributed by atoms with Crippen LogP contribution in [0.25, 0.3) is 0 Å². The zero-order valence-electron chi connectivity index (χ0n) is 10.1. The van der Waals surface area contributed by atoms with Crippen molar-refractivity contribution in [3.05, 3.63) is 0 Å². The third-order valence-corrected chi connectivity index (χ3v) is 3.07. The quantitative estimate of drug-likeness (QED) is 0.399. The van der Waals surface area contributed by atoms with Gasteiger partial charge in [-0.2, -0.15) is 0 Å². The van der Waals surface area contributed by atoms with Gasteiger partial charge in [0, 0.05) is 0 Å². The van der Waals surface area contributed by atoms with E-state index < -0.39 is 8.25 Å². The molecule has 1 unspecified atom stereocenters. The smallest absolute Gasteiger partial charge is 0.311 e. The van der Waals surface area contributed by atoms with E-state index in [0.717, 1.165) is 25.7 Å². The predicted octanol–water partition coefficient (Wildman–Crippen LogP) is 4.18. The molecule has 0 aromatic carbocycles. The largest absolute Gasteiger partial charge is 0.319 e. The van der Waals surface area contributed by atoms with Crippen molar-refractivity contribution in [3.63, 3.8) is 0 Å². The molecule has 92 valence electrons. The van der Waals surface area contributed by atoms with Crippen LogP contribution in [0.5, 0.6) is 0 Å². The van der Waals surface area contributed by atoms with E-state index in [9.17, 15) is 4.57 Å². The van der Waals surface area contributed by atoms with Crippen LogP contribution < -0.4 is 0 Å². The van der Waals surface area contributed by atoms with Gasteiger partial charge >= 0.3 is 8.25 Å². The highest BCUT2D eigenvalue weighted by Crippen LogP contribution is 2.24. The average Bonchev–Trinajstić information content (AvgIpc) is 2.23. The highest BCUT2D eigenvalue weighted by Gasteiger charge is 1.98. The fourth-order valence-electron chi connectivity index (χ4n) is 1.20. The summed E-state index contributed by atoms with van der Waals surface area (Å²) < 4.78 is 21.3. The van der Waals surface area contributed by atoms with Gasteiger partial charge in [-0.3, -0.25) is 4.57 Å². The minimum atomic E-state index is -2.20. The lowest BCUT2D eigenvalue weighted by molar-refractivity contribution is 0.219. The minimum absolute atomic E-state index is 0.560. The zero-order chi connectivity index (χ0) is 11.4. The standard InChI is InChI=1S/C11H25O3P/c1-3-5-7-8-9-11-14-15(12)13-10-6-4-2/h15H,3-11H2,1-2H3. The molecular weight excluding hydrogens is 211 g/mol. The molecule has 0 aliphatic carbocycles. The fourth-order valence-corrected chi connectivity index (χ4v) is 1.91. The van der Waals surface area contributed by atoms with Gasteiger partial charge in [-0.1, -0.05) is 46.0 Å². The summed E-state index contributed by atoms with van der Waals surface area (Å²) in [6.45, 7) is 5.41. The van der Waals surface area contributed by atoms with Crippen LogP contribution in [0.15, 0.2) is 0 Å². The van der Waals surface area contributed by atoms with Crippen molar-refractivity contribution < 1.29 is 13.6 Å². The van der Waals surface area contributed by atoms with Crippen LogP contribution in [-0.2, 0) is 13.6 Å². The molecule has 0 aromatic heterocycles. The molecule has 0 heterocycles. The van der Waals surface area contributed by atoms with E-state index >= 15 is 0 Å². The first-order chi connectivity index (χ1) is 7.31. The third kappa shape index (κ3) is 12.1. The Kier molecular flexibility index (Phi) is 12.3. The lowest BCUT2D eigenvalue weighted by Crippen LogP contribution is -1.91. The maximum atomic E-state index is 11.1. The molecule has 4 heteroatoms. The highest BCUT2D eigenvalue weighted by molar-refractivity contribution is 7.33. The molecule has 1 atom stereocenters. The Balaban J connectivity index is 3.10. The molecule has 0 bridgehead atoms. The van der Waals surface area contributed by atoms with E-state index in [2.05, 4.69) is 13.8 Å². The SMILES string of the molecule is CCCCCCCO[PH](=O)OCCCC. The van der Waals surface area contributed by atoms with Crippen molar-refractivity contribution in [2.24, 2.45) is 0 Å². The maximum Gasteiger partial charge on any atom is 0.319 e. The second-order valence-electron chi connectivity index (χ2n) is 3.71. The van der Waals surface area contributed by atoms with E-state index in [1.165, 1.54) is 19.3 Å². The van der Waals surface area contributed by atoms with Crippen molar-refractivity contribution in [2.45, 2.75) is 58.8 Å². The Bertz CT molecular complexity index is 151. The number of hydrogen-bond donors (Lipinski definition) is 0. The van der Waals surface area contributed by atoms with Gasteiger partial charge in [-0.25, -0.2) is 0 Å². The molecule has 0 saturated heterocycles. The van der Waals surface area contributed by atoms with Crippen molar-refractivity contribution in [1.82, 2.24) is 0 Å². The Morgan fingerprint density at radius 2 is 1.33 bits per heavy atom. The normalized spacial score (nSPS) is 12.9. The molecule has 0 N–H and O–H groups in total. The molecular formula is C11H25O3P. The van der Waals surface area contributed by atoms with Gasteiger partial charge < -0.3 is 9.05 Å². The van der Waals surface area contributed by atoms with Crippen LogP contribution in [0.2, 0.25) is 0 Å². The summed E-state index contributed by atoms with van der Waals surface area (Å²) in [6, 6.07) is 0. The maximum absolute atomic E-state index is 11.1. The first-order valence-electron chi connectivity index (χ1n) is 6.10. The molecule has 0 spiro atoms. The van der Waals surface area contributed by atoms with Gasteiger partial charge in [-0.05, 0) is 12.8 Å². The molecule has 0 radical (unpaired) electrons. The average molecular weight is 236 g/mol. The molecule has 3 nitrogen and oxygen atoms in total. The summed E-state index contributed by atoms with van der Waals surface area (Å²) in [5, 5.41) is 0.